The van der Waals surface area contributed by atoms with Gasteiger partial charge in [0.1, 0.15) is 0 Å². The molecule has 1 unspecified atom stereocenters. The summed E-state index contributed by atoms with van der Waals surface area (Å²) in [5.41, 5.74) is -1.43. The molecule has 0 spiro atoms. The molecule has 0 saturated carbocycles. The Morgan fingerprint density at radius 3 is 1.69 bits per heavy atom. The smallest absolute Gasteiger partial charge is 0.375 e. The van der Waals surface area contributed by atoms with Gasteiger partial charge in [0.2, 0.25) is 0 Å². The molecule has 4 nitrogen and oxygen atoms in total. The highest BCUT2D eigenvalue weighted by molar-refractivity contribution is 5.74. The summed E-state index contributed by atoms with van der Waals surface area (Å²) in [6, 6.07) is 18.5. The van der Waals surface area contributed by atoms with Crippen LogP contribution in [0.25, 0.3) is 0 Å². The van der Waals surface area contributed by atoms with Crippen LogP contribution in [0.1, 0.15) is 33.7 Å². The minimum Gasteiger partial charge on any atom is -0.375 e. The van der Waals surface area contributed by atoms with E-state index in [1.54, 1.807) is 0 Å². The molecule has 0 aliphatic carbocycles. The van der Waals surface area contributed by atoms with E-state index in [1.807, 2.05) is 60.7 Å². The summed E-state index contributed by atoms with van der Waals surface area (Å²) in [6.45, 7) is -0.700. The number of hydrogen-bond donors (Lipinski definition) is 2. The second kappa shape index (κ2) is 11.5. The van der Waals surface area contributed by atoms with Gasteiger partial charge in [-0.1, -0.05) is 60.7 Å². The van der Waals surface area contributed by atoms with Crippen molar-refractivity contribution in [2.45, 2.75) is 30.9 Å². The predicted octanol–water partition coefficient (Wildman–Crippen LogP) is 6.37. The Morgan fingerprint density at radius 2 is 1.28 bits per heavy atom. The zero-order chi connectivity index (χ0) is 26.3. The average Bonchev–Trinajstić information content (AvgIpc) is 2.84. The molecule has 0 aliphatic heterocycles. The van der Waals surface area contributed by atoms with Crippen molar-refractivity contribution in [3.8, 4) is 0 Å². The van der Waals surface area contributed by atoms with Crippen molar-refractivity contribution in [2.75, 3.05) is 13.7 Å². The molecule has 0 radical (unpaired) electrons. The van der Waals surface area contributed by atoms with Crippen molar-refractivity contribution >= 4 is 6.03 Å². The van der Waals surface area contributed by atoms with E-state index in [0.717, 1.165) is 11.1 Å². The molecule has 2 amide bonds. The molecule has 3 rings (SSSR count). The number of benzene rings is 3. The summed E-state index contributed by atoms with van der Waals surface area (Å²) in [6.07, 6.45) is -9.91. The fourth-order valence-corrected chi connectivity index (χ4v) is 3.85. The molecule has 2 N–H and O–H groups in total. The molecule has 192 valence electrons. The van der Waals surface area contributed by atoms with Gasteiger partial charge in [-0.25, -0.2) is 4.79 Å². The first-order valence-electron chi connectivity index (χ1n) is 10.9. The van der Waals surface area contributed by atoms with E-state index in [-0.39, 0.29) is 18.2 Å². The number of urea groups is 1. The lowest BCUT2D eigenvalue weighted by Crippen LogP contribution is -2.46. The molecule has 36 heavy (non-hydrogen) atoms. The number of carbonyl (C=O) groups is 1. The van der Waals surface area contributed by atoms with Crippen molar-refractivity contribution in [1.82, 2.24) is 10.6 Å². The van der Waals surface area contributed by atoms with Gasteiger partial charge in [0, 0.05) is 13.0 Å². The standard InChI is InChI=1S/C26H24F6N2O2/c1-33-24(35)34-22(23(18-8-4-2-5-9-18)19-10-6-3-7-11-19)16-36-15-17-12-20(25(27,28)29)14-21(13-17)26(30,31)32/h2-14,22-23H,15-16H2,1H3,(H2,33,34,35). The normalized spacial score (nSPS) is 12.9. The van der Waals surface area contributed by atoms with Crippen molar-refractivity contribution < 1.29 is 35.9 Å². The molecule has 0 heterocycles. The van der Waals surface area contributed by atoms with Crippen LogP contribution in [0, 0.1) is 0 Å². The Balaban J connectivity index is 1.89. The molecular formula is C26H24F6N2O2. The molecule has 0 aliphatic rings. The fourth-order valence-electron chi connectivity index (χ4n) is 3.85. The van der Waals surface area contributed by atoms with E-state index in [9.17, 15) is 31.1 Å². The summed E-state index contributed by atoms with van der Waals surface area (Å²) < 4.78 is 84.7. The van der Waals surface area contributed by atoms with Crippen LogP contribution in [-0.4, -0.2) is 25.7 Å². The van der Waals surface area contributed by atoms with Crippen LogP contribution in [0.4, 0.5) is 31.1 Å². The lowest BCUT2D eigenvalue weighted by atomic mass is 9.85. The molecule has 1 atom stereocenters. The van der Waals surface area contributed by atoms with Crippen LogP contribution in [0.5, 0.6) is 0 Å². The van der Waals surface area contributed by atoms with Gasteiger partial charge in [-0.05, 0) is 34.9 Å². The van der Waals surface area contributed by atoms with Crippen LogP contribution in [0.3, 0.4) is 0 Å². The zero-order valence-corrected chi connectivity index (χ0v) is 19.2. The van der Waals surface area contributed by atoms with Gasteiger partial charge >= 0.3 is 18.4 Å². The molecule has 0 fully saturated rings. The van der Waals surface area contributed by atoms with Gasteiger partial charge in [-0.2, -0.15) is 26.3 Å². The van der Waals surface area contributed by atoms with Crippen molar-refractivity contribution in [3.05, 3.63) is 107 Å². The Labute approximate surface area is 204 Å². The van der Waals surface area contributed by atoms with Gasteiger partial charge in [0.25, 0.3) is 0 Å². The molecule has 10 heteroatoms. The second-order valence-corrected chi connectivity index (χ2v) is 8.06. The van der Waals surface area contributed by atoms with E-state index in [2.05, 4.69) is 10.6 Å². The van der Waals surface area contributed by atoms with Gasteiger partial charge < -0.3 is 15.4 Å². The van der Waals surface area contributed by atoms with Crippen molar-refractivity contribution in [1.29, 1.82) is 0 Å². The minimum atomic E-state index is -4.95. The molecular weight excluding hydrogens is 486 g/mol. The van der Waals surface area contributed by atoms with Crippen molar-refractivity contribution in [3.63, 3.8) is 0 Å². The monoisotopic (exact) mass is 510 g/mol. The third-order valence-corrected chi connectivity index (χ3v) is 5.48. The predicted molar refractivity (Wildman–Crippen MR) is 122 cm³/mol. The van der Waals surface area contributed by atoms with Gasteiger partial charge in [0.05, 0.1) is 30.4 Å². The molecule has 3 aromatic carbocycles. The summed E-state index contributed by atoms with van der Waals surface area (Å²) in [5.74, 6) is -0.406. The number of carbonyl (C=O) groups excluding carboxylic acids is 1. The molecule has 0 aromatic heterocycles. The summed E-state index contributed by atoms with van der Waals surface area (Å²) >= 11 is 0. The van der Waals surface area contributed by atoms with Crippen LogP contribution >= 0.6 is 0 Å². The Bertz CT molecular complexity index is 1060. The highest BCUT2D eigenvalue weighted by Gasteiger charge is 2.37. The van der Waals surface area contributed by atoms with Crippen LogP contribution in [-0.2, 0) is 23.7 Å². The maximum atomic E-state index is 13.2. The van der Waals surface area contributed by atoms with E-state index in [4.69, 9.17) is 4.74 Å². The number of halogens is 6. The topological polar surface area (TPSA) is 50.4 Å². The van der Waals surface area contributed by atoms with E-state index >= 15 is 0 Å². The largest absolute Gasteiger partial charge is 0.416 e. The second-order valence-electron chi connectivity index (χ2n) is 8.06. The van der Waals surface area contributed by atoms with Gasteiger partial charge in [-0.3, -0.25) is 0 Å². The highest BCUT2D eigenvalue weighted by Crippen LogP contribution is 2.36. The maximum Gasteiger partial charge on any atom is 0.416 e. The number of alkyl halides is 6. The van der Waals surface area contributed by atoms with E-state index in [1.165, 1.54) is 7.05 Å². The third kappa shape index (κ3) is 7.24. The molecule has 0 bridgehead atoms. The first-order valence-corrected chi connectivity index (χ1v) is 10.9. The van der Waals surface area contributed by atoms with Crippen LogP contribution in [0.15, 0.2) is 78.9 Å². The van der Waals surface area contributed by atoms with Gasteiger partial charge in [0.15, 0.2) is 0 Å². The van der Waals surface area contributed by atoms with E-state index < -0.39 is 48.1 Å². The fraction of sp³-hybridized carbons (Fsp3) is 0.269. The maximum absolute atomic E-state index is 13.2. The van der Waals surface area contributed by atoms with Crippen molar-refractivity contribution in [2.24, 2.45) is 0 Å². The molecule has 3 aromatic rings. The lowest BCUT2D eigenvalue weighted by molar-refractivity contribution is -0.143. The minimum absolute atomic E-state index is 0.0697. The SMILES string of the molecule is CNC(=O)NC(COCc1cc(C(F)(F)F)cc(C(F)(F)F)c1)C(c1ccccc1)c1ccccc1. The number of hydrogen-bond acceptors (Lipinski definition) is 2. The summed E-state index contributed by atoms with van der Waals surface area (Å²) in [4.78, 5) is 12.2. The Morgan fingerprint density at radius 1 is 0.806 bits per heavy atom. The zero-order valence-electron chi connectivity index (χ0n) is 19.2. The number of rotatable bonds is 8. The van der Waals surface area contributed by atoms with Gasteiger partial charge in [-0.15, -0.1) is 0 Å². The number of ether oxygens (including phenoxy) is 1. The first kappa shape index (κ1) is 27.1. The number of amides is 2. The highest BCUT2D eigenvalue weighted by atomic mass is 19.4. The Hall–Kier alpha value is -3.53. The van der Waals surface area contributed by atoms with E-state index in [0.29, 0.717) is 12.1 Å². The Kier molecular flexibility index (Phi) is 8.62. The number of nitrogens with one attached hydrogen (secondary N) is 2. The van der Waals surface area contributed by atoms with Crippen LogP contribution < -0.4 is 10.6 Å². The first-order chi connectivity index (χ1) is 17.0. The summed E-state index contributed by atoms with van der Waals surface area (Å²) in [7, 11) is 1.43. The molecule has 0 saturated heterocycles. The summed E-state index contributed by atoms with van der Waals surface area (Å²) in [5, 5.41) is 5.24. The quantitative estimate of drug-likeness (QED) is 0.346. The average molecular weight is 510 g/mol. The van der Waals surface area contributed by atoms with Crippen LogP contribution in [0.2, 0.25) is 0 Å². The third-order valence-electron chi connectivity index (χ3n) is 5.48. The lowest BCUT2D eigenvalue weighted by Gasteiger charge is -2.29.